The summed E-state index contributed by atoms with van der Waals surface area (Å²) in [6.45, 7) is 0. The smallest absolute Gasteiger partial charge is 0.0452 e. The van der Waals surface area contributed by atoms with Crippen molar-refractivity contribution < 1.29 is 0 Å². The van der Waals surface area contributed by atoms with Gasteiger partial charge in [-0.3, -0.25) is 0 Å². The fourth-order valence-electron chi connectivity index (χ4n) is 1.74. The molecule has 13 heavy (non-hydrogen) atoms. The maximum atomic E-state index is 5.82. The molecule has 0 spiro atoms. The van der Waals surface area contributed by atoms with Gasteiger partial charge in [0.1, 0.15) is 0 Å². The van der Waals surface area contributed by atoms with E-state index in [0.717, 1.165) is 17.7 Å². The second-order valence-electron chi connectivity index (χ2n) is 3.60. The van der Waals surface area contributed by atoms with E-state index in [2.05, 4.69) is 16.8 Å². The van der Waals surface area contributed by atoms with E-state index in [1.807, 2.05) is 11.3 Å². The quantitative estimate of drug-likeness (QED) is 0.673. The maximum absolute atomic E-state index is 5.82. The molecule has 2 aromatic rings. The fourth-order valence-corrected chi connectivity index (χ4v) is 4.30. The first-order chi connectivity index (χ1) is 6.38. The van der Waals surface area contributed by atoms with Crippen LogP contribution in [0.25, 0.3) is 10.1 Å². The van der Waals surface area contributed by atoms with Crippen molar-refractivity contribution in [1.29, 1.82) is 0 Å². The molecule has 0 radical (unpaired) electrons. The van der Waals surface area contributed by atoms with Crippen molar-refractivity contribution >= 4 is 44.4 Å². The van der Waals surface area contributed by atoms with Crippen LogP contribution < -0.4 is 0 Å². The summed E-state index contributed by atoms with van der Waals surface area (Å²) in [5.74, 6) is 2.36. The molecule has 3 heteroatoms. The highest BCUT2D eigenvalue weighted by molar-refractivity contribution is 7.22. The Morgan fingerprint density at radius 3 is 3.08 bits per heavy atom. The van der Waals surface area contributed by atoms with E-state index in [1.54, 1.807) is 16.2 Å². The van der Waals surface area contributed by atoms with Crippen molar-refractivity contribution in [2.45, 2.75) is 12.3 Å². The summed E-state index contributed by atoms with van der Waals surface area (Å²) in [4.78, 5) is 1.54. The Balaban J connectivity index is 1.96. The van der Waals surface area contributed by atoms with E-state index < -0.39 is 0 Å². The molecule has 1 aliphatic rings. The summed E-state index contributed by atoms with van der Waals surface area (Å²) in [6, 6.07) is 2.34. The molecular formula is C10H9ClS2. The van der Waals surface area contributed by atoms with Crippen LogP contribution >= 0.6 is 34.3 Å². The molecule has 0 aromatic carbocycles. The monoisotopic (exact) mass is 228 g/mol. The van der Waals surface area contributed by atoms with Crippen LogP contribution in [0.1, 0.15) is 17.2 Å². The first-order valence-corrected chi connectivity index (χ1v) is 6.69. The number of hydrogen-bond donors (Lipinski definition) is 0. The zero-order chi connectivity index (χ0) is 8.84. The fraction of sp³-hybridized carbons (Fsp3) is 0.400. The summed E-state index contributed by atoms with van der Waals surface area (Å²) in [5.41, 5.74) is 0. The van der Waals surface area contributed by atoms with Crippen molar-refractivity contribution in [1.82, 2.24) is 0 Å². The molecule has 68 valence electrons. The van der Waals surface area contributed by atoms with Crippen LogP contribution in [0.4, 0.5) is 0 Å². The van der Waals surface area contributed by atoms with Gasteiger partial charge in [0.25, 0.3) is 0 Å². The van der Waals surface area contributed by atoms with Gasteiger partial charge in [0.15, 0.2) is 0 Å². The van der Waals surface area contributed by atoms with Gasteiger partial charge < -0.3 is 0 Å². The number of rotatable bonds is 2. The standard InChI is InChI=1S/C10H9ClS2/c11-3-6-1-8(6)9-2-7-4-12-5-10(7)13-9/h2,4-6,8H,1,3H2. The molecule has 0 nitrogen and oxygen atoms in total. The molecule has 2 unspecified atom stereocenters. The van der Waals surface area contributed by atoms with Gasteiger partial charge in [-0.25, -0.2) is 0 Å². The highest BCUT2D eigenvalue weighted by Gasteiger charge is 2.38. The number of thiophene rings is 2. The number of fused-ring (bicyclic) bond motifs is 1. The lowest BCUT2D eigenvalue weighted by Gasteiger charge is -1.89. The van der Waals surface area contributed by atoms with Gasteiger partial charge in [0, 0.05) is 26.2 Å². The third-order valence-electron chi connectivity index (χ3n) is 2.67. The summed E-state index contributed by atoms with van der Waals surface area (Å²) in [5, 5.41) is 5.89. The Morgan fingerprint density at radius 2 is 2.38 bits per heavy atom. The summed E-state index contributed by atoms with van der Waals surface area (Å²) >= 11 is 9.56. The average Bonchev–Trinajstić information content (AvgIpc) is 2.60. The SMILES string of the molecule is ClCC1CC1c1cc2cscc2s1. The number of halogens is 1. The minimum Gasteiger partial charge on any atom is -0.150 e. The molecule has 2 heterocycles. The van der Waals surface area contributed by atoms with Crippen molar-refractivity contribution in [3.8, 4) is 0 Å². The van der Waals surface area contributed by atoms with E-state index in [1.165, 1.54) is 16.5 Å². The van der Waals surface area contributed by atoms with Gasteiger partial charge in [0.2, 0.25) is 0 Å². The molecule has 0 N–H and O–H groups in total. The van der Waals surface area contributed by atoms with Crippen molar-refractivity contribution in [2.24, 2.45) is 5.92 Å². The van der Waals surface area contributed by atoms with Crippen LogP contribution in [-0.2, 0) is 0 Å². The maximum Gasteiger partial charge on any atom is 0.0452 e. The van der Waals surface area contributed by atoms with E-state index in [4.69, 9.17) is 11.6 Å². The Morgan fingerprint density at radius 1 is 1.46 bits per heavy atom. The van der Waals surface area contributed by atoms with E-state index in [0.29, 0.717) is 0 Å². The lowest BCUT2D eigenvalue weighted by atomic mass is 10.2. The summed E-state index contributed by atoms with van der Waals surface area (Å²) in [6.07, 6.45) is 1.30. The van der Waals surface area contributed by atoms with Gasteiger partial charge >= 0.3 is 0 Å². The highest BCUT2D eigenvalue weighted by Crippen LogP contribution is 2.51. The van der Waals surface area contributed by atoms with Crippen molar-refractivity contribution in [3.63, 3.8) is 0 Å². The first-order valence-electron chi connectivity index (χ1n) is 4.40. The molecule has 2 aromatic heterocycles. The molecule has 0 amide bonds. The lowest BCUT2D eigenvalue weighted by Crippen LogP contribution is -1.78. The van der Waals surface area contributed by atoms with Crippen LogP contribution in [0.2, 0.25) is 0 Å². The molecule has 1 saturated carbocycles. The molecule has 2 atom stereocenters. The highest BCUT2D eigenvalue weighted by atomic mass is 35.5. The predicted octanol–water partition coefficient (Wildman–Crippen LogP) is 4.31. The van der Waals surface area contributed by atoms with Gasteiger partial charge in [-0.15, -0.1) is 22.9 Å². The molecule has 0 aliphatic heterocycles. The molecule has 0 bridgehead atoms. The summed E-state index contributed by atoms with van der Waals surface area (Å²) in [7, 11) is 0. The molecule has 1 aliphatic carbocycles. The van der Waals surface area contributed by atoms with Crippen LogP contribution in [0, 0.1) is 5.92 Å². The Labute approximate surface area is 90.2 Å². The van der Waals surface area contributed by atoms with E-state index >= 15 is 0 Å². The third-order valence-corrected chi connectivity index (χ3v) is 5.20. The van der Waals surface area contributed by atoms with Crippen LogP contribution in [0.5, 0.6) is 0 Å². The molecule has 0 saturated heterocycles. The number of hydrogen-bond acceptors (Lipinski definition) is 2. The second-order valence-corrected chi connectivity index (χ2v) is 5.76. The normalized spacial score (nSPS) is 26.8. The third kappa shape index (κ3) is 1.32. The van der Waals surface area contributed by atoms with Crippen LogP contribution in [0.3, 0.4) is 0 Å². The largest absolute Gasteiger partial charge is 0.150 e. The first kappa shape index (κ1) is 8.27. The molecular weight excluding hydrogens is 220 g/mol. The molecule has 3 rings (SSSR count). The topological polar surface area (TPSA) is 0 Å². The van der Waals surface area contributed by atoms with Gasteiger partial charge in [0.05, 0.1) is 0 Å². The minimum atomic E-state index is 0.757. The van der Waals surface area contributed by atoms with Crippen LogP contribution in [-0.4, -0.2) is 5.88 Å². The van der Waals surface area contributed by atoms with Gasteiger partial charge in [-0.1, -0.05) is 0 Å². The zero-order valence-electron chi connectivity index (χ0n) is 7.00. The Kier molecular flexibility index (Phi) is 1.89. The van der Waals surface area contributed by atoms with Crippen LogP contribution in [0.15, 0.2) is 16.8 Å². The van der Waals surface area contributed by atoms with E-state index in [9.17, 15) is 0 Å². The Bertz CT molecular complexity index is 400. The predicted molar refractivity (Wildman–Crippen MR) is 61.3 cm³/mol. The lowest BCUT2D eigenvalue weighted by molar-refractivity contribution is 0.936. The second kappa shape index (κ2) is 2.97. The van der Waals surface area contributed by atoms with Crippen molar-refractivity contribution in [3.05, 3.63) is 21.7 Å². The average molecular weight is 229 g/mol. The number of alkyl halides is 1. The van der Waals surface area contributed by atoms with Gasteiger partial charge in [-0.05, 0) is 29.7 Å². The van der Waals surface area contributed by atoms with E-state index in [-0.39, 0.29) is 0 Å². The van der Waals surface area contributed by atoms with Gasteiger partial charge in [-0.2, -0.15) is 11.3 Å². The molecule has 1 fully saturated rings. The minimum absolute atomic E-state index is 0.757. The zero-order valence-corrected chi connectivity index (χ0v) is 9.38. The Hall–Kier alpha value is -0.0500. The summed E-state index contributed by atoms with van der Waals surface area (Å²) < 4.78 is 1.44. The van der Waals surface area contributed by atoms with Crippen molar-refractivity contribution in [2.75, 3.05) is 5.88 Å².